The van der Waals surface area contributed by atoms with Crippen molar-refractivity contribution in [3.8, 4) is 0 Å². The highest BCUT2D eigenvalue weighted by molar-refractivity contribution is 9.10. The van der Waals surface area contributed by atoms with Crippen LogP contribution in [-0.4, -0.2) is 34.6 Å². The molecule has 0 aliphatic carbocycles. The lowest BCUT2D eigenvalue weighted by Crippen LogP contribution is -2.55. The lowest BCUT2D eigenvalue weighted by atomic mass is 9.92. The SMILES string of the molecule is NC(=O)[C@@]1(O)CCCN(Cc2c(F)ccc(Br)c2F)C1. The lowest BCUT2D eigenvalue weighted by molar-refractivity contribution is -0.142. The van der Waals surface area contributed by atoms with Crippen molar-refractivity contribution in [3.05, 3.63) is 33.8 Å². The van der Waals surface area contributed by atoms with Gasteiger partial charge in [-0.15, -0.1) is 0 Å². The summed E-state index contributed by atoms with van der Waals surface area (Å²) in [6, 6.07) is 2.47. The molecule has 0 radical (unpaired) electrons. The quantitative estimate of drug-likeness (QED) is 0.814. The standard InChI is InChI=1S/C13H15BrF2N2O2/c14-9-2-3-10(15)8(11(9)16)6-18-5-1-4-13(20,7-18)12(17)19/h2-3,20H,1,4-7H2,(H2,17,19)/t13-/m1/s1. The molecule has 2 rings (SSSR count). The van der Waals surface area contributed by atoms with Crippen LogP contribution in [0.25, 0.3) is 0 Å². The fourth-order valence-electron chi connectivity index (χ4n) is 2.40. The topological polar surface area (TPSA) is 66.6 Å². The summed E-state index contributed by atoms with van der Waals surface area (Å²) in [4.78, 5) is 12.9. The minimum Gasteiger partial charge on any atom is -0.379 e. The van der Waals surface area contributed by atoms with Crippen molar-refractivity contribution in [2.45, 2.75) is 25.0 Å². The third-order valence-corrected chi connectivity index (χ3v) is 4.14. The molecule has 1 fully saturated rings. The predicted molar refractivity (Wildman–Crippen MR) is 72.7 cm³/mol. The average molecular weight is 349 g/mol. The van der Waals surface area contributed by atoms with Gasteiger partial charge in [0.25, 0.3) is 5.91 Å². The van der Waals surface area contributed by atoms with Crippen LogP contribution < -0.4 is 5.73 Å². The number of likely N-dealkylation sites (tertiary alicyclic amines) is 1. The van der Waals surface area contributed by atoms with Gasteiger partial charge in [0.15, 0.2) is 5.60 Å². The van der Waals surface area contributed by atoms with Crippen molar-refractivity contribution in [2.24, 2.45) is 5.73 Å². The maximum atomic E-state index is 13.9. The summed E-state index contributed by atoms with van der Waals surface area (Å²) in [5.74, 6) is -2.13. The van der Waals surface area contributed by atoms with Crippen LogP contribution in [-0.2, 0) is 11.3 Å². The number of hydrogen-bond donors (Lipinski definition) is 2. The van der Waals surface area contributed by atoms with Crippen molar-refractivity contribution in [2.75, 3.05) is 13.1 Å². The Balaban J connectivity index is 2.19. The highest BCUT2D eigenvalue weighted by Gasteiger charge is 2.38. The minimum absolute atomic E-state index is 0.0201. The van der Waals surface area contributed by atoms with Crippen LogP contribution in [0.1, 0.15) is 18.4 Å². The number of amides is 1. The fourth-order valence-corrected chi connectivity index (χ4v) is 2.77. The number of nitrogens with zero attached hydrogens (tertiary/aromatic N) is 1. The van der Waals surface area contributed by atoms with Crippen molar-refractivity contribution in [1.82, 2.24) is 4.90 Å². The van der Waals surface area contributed by atoms with E-state index in [9.17, 15) is 18.7 Å². The molecule has 1 aromatic carbocycles. The number of halogens is 3. The number of benzene rings is 1. The Morgan fingerprint density at radius 3 is 2.85 bits per heavy atom. The van der Waals surface area contributed by atoms with Crippen molar-refractivity contribution >= 4 is 21.8 Å². The van der Waals surface area contributed by atoms with Crippen LogP contribution in [0.2, 0.25) is 0 Å². The number of β-amino-alcohol motifs (C(OH)–C–C–N with tert-alkyl or cyclic N) is 1. The summed E-state index contributed by atoms with van der Waals surface area (Å²) < 4.78 is 27.8. The van der Waals surface area contributed by atoms with E-state index in [1.54, 1.807) is 4.90 Å². The number of carbonyl (C=O) groups excluding carboxylic acids is 1. The molecule has 1 saturated heterocycles. The van der Waals surface area contributed by atoms with Crippen LogP contribution in [0.3, 0.4) is 0 Å². The number of nitrogens with two attached hydrogens (primary N) is 1. The lowest BCUT2D eigenvalue weighted by Gasteiger charge is -2.37. The van der Waals surface area contributed by atoms with Gasteiger partial charge in [0.1, 0.15) is 11.6 Å². The Morgan fingerprint density at radius 2 is 2.20 bits per heavy atom. The predicted octanol–water partition coefficient (Wildman–Crippen LogP) is 1.54. The van der Waals surface area contributed by atoms with Crippen LogP contribution in [0, 0.1) is 11.6 Å². The van der Waals surface area contributed by atoms with Crippen LogP contribution in [0.15, 0.2) is 16.6 Å². The van der Waals surface area contributed by atoms with Gasteiger partial charge in [-0.3, -0.25) is 9.69 Å². The zero-order valence-corrected chi connectivity index (χ0v) is 12.3. The Hall–Kier alpha value is -1.05. The molecule has 1 aliphatic rings. The summed E-state index contributed by atoms with van der Waals surface area (Å²) >= 11 is 3.01. The number of rotatable bonds is 3. The second kappa shape index (κ2) is 5.75. The Morgan fingerprint density at radius 1 is 1.50 bits per heavy atom. The second-order valence-corrected chi connectivity index (χ2v) is 5.89. The molecule has 7 heteroatoms. The molecule has 110 valence electrons. The van der Waals surface area contributed by atoms with E-state index in [0.717, 1.165) is 0 Å². The van der Waals surface area contributed by atoms with Crippen LogP contribution in [0.4, 0.5) is 8.78 Å². The van der Waals surface area contributed by atoms with Gasteiger partial charge >= 0.3 is 0 Å². The molecule has 4 nitrogen and oxygen atoms in total. The van der Waals surface area contributed by atoms with Gasteiger partial charge in [0.2, 0.25) is 0 Å². The van der Waals surface area contributed by atoms with Gasteiger partial charge in [0.05, 0.1) is 4.47 Å². The van der Waals surface area contributed by atoms with Gasteiger partial charge in [0, 0.05) is 18.7 Å². The number of primary amides is 1. The van der Waals surface area contributed by atoms with Crippen LogP contribution in [0.5, 0.6) is 0 Å². The van der Waals surface area contributed by atoms with Crippen molar-refractivity contribution in [1.29, 1.82) is 0 Å². The summed E-state index contributed by atoms with van der Waals surface area (Å²) in [5, 5.41) is 10.1. The zero-order chi connectivity index (χ0) is 14.9. The first kappa shape index (κ1) is 15.3. The Labute approximate surface area is 123 Å². The molecule has 0 unspecified atom stereocenters. The molecule has 1 aromatic rings. The molecule has 0 saturated carbocycles. The van der Waals surface area contributed by atoms with Gasteiger partial charge in [-0.05, 0) is 47.4 Å². The number of piperidine rings is 1. The highest BCUT2D eigenvalue weighted by atomic mass is 79.9. The minimum atomic E-state index is -1.63. The normalized spacial score (nSPS) is 23.8. The third kappa shape index (κ3) is 2.99. The van der Waals surface area contributed by atoms with E-state index in [4.69, 9.17) is 5.73 Å². The molecule has 0 aromatic heterocycles. The van der Waals surface area contributed by atoms with E-state index in [1.165, 1.54) is 12.1 Å². The highest BCUT2D eigenvalue weighted by Crippen LogP contribution is 2.26. The fraction of sp³-hybridized carbons (Fsp3) is 0.462. The van der Waals surface area contributed by atoms with E-state index in [2.05, 4.69) is 15.9 Å². The number of carbonyl (C=O) groups is 1. The largest absolute Gasteiger partial charge is 0.379 e. The first-order valence-electron chi connectivity index (χ1n) is 6.20. The van der Waals surface area contributed by atoms with E-state index < -0.39 is 23.1 Å². The zero-order valence-electron chi connectivity index (χ0n) is 10.7. The van der Waals surface area contributed by atoms with Gasteiger partial charge in [-0.2, -0.15) is 0 Å². The monoisotopic (exact) mass is 348 g/mol. The van der Waals surface area contributed by atoms with Gasteiger partial charge in [-0.25, -0.2) is 8.78 Å². The molecule has 20 heavy (non-hydrogen) atoms. The first-order chi connectivity index (χ1) is 9.33. The number of aliphatic hydroxyl groups is 1. The van der Waals surface area contributed by atoms with Crippen LogP contribution >= 0.6 is 15.9 Å². The molecule has 1 heterocycles. The first-order valence-corrected chi connectivity index (χ1v) is 7.00. The maximum absolute atomic E-state index is 13.9. The van der Waals surface area contributed by atoms with Gasteiger partial charge < -0.3 is 10.8 Å². The summed E-state index contributed by atoms with van der Waals surface area (Å²) in [5.41, 5.74) is 3.45. The van der Waals surface area contributed by atoms with E-state index in [-0.39, 0.29) is 29.5 Å². The summed E-state index contributed by atoms with van der Waals surface area (Å²) in [6.45, 7) is 0.501. The molecule has 0 bridgehead atoms. The average Bonchev–Trinajstić information content (AvgIpc) is 2.39. The van der Waals surface area contributed by atoms with E-state index >= 15 is 0 Å². The molecule has 0 spiro atoms. The van der Waals surface area contributed by atoms with Gasteiger partial charge in [-0.1, -0.05) is 0 Å². The van der Waals surface area contributed by atoms with E-state index in [0.29, 0.717) is 13.0 Å². The molecule has 1 amide bonds. The van der Waals surface area contributed by atoms with Crippen molar-refractivity contribution < 1.29 is 18.7 Å². The summed E-state index contributed by atoms with van der Waals surface area (Å²) in [6.07, 6.45) is 0.805. The maximum Gasteiger partial charge on any atom is 0.250 e. The second-order valence-electron chi connectivity index (χ2n) is 5.03. The smallest absolute Gasteiger partial charge is 0.250 e. The third-order valence-electron chi connectivity index (χ3n) is 3.53. The molecular formula is C13H15BrF2N2O2. The molecule has 1 aliphatic heterocycles. The summed E-state index contributed by atoms with van der Waals surface area (Å²) in [7, 11) is 0. The van der Waals surface area contributed by atoms with Crippen molar-refractivity contribution in [3.63, 3.8) is 0 Å². The Bertz CT molecular complexity index is 541. The molecular weight excluding hydrogens is 334 g/mol. The number of hydrogen-bond acceptors (Lipinski definition) is 3. The molecule has 1 atom stereocenters. The molecule has 3 N–H and O–H groups in total. The Kier molecular flexibility index (Phi) is 4.41. The van der Waals surface area contributed by atoms with E-state index in [1.807, 2.05) is 0 Å².